The van der Waals surface area contributed by atoms with Gasteiger partial charge in [-0.25, -0.2) is 0 Å². The van der Waals surface area contributed by atoms with Crippen LogP contribution in [0.1, 0.15) is 39.0 Å². The number of rotatable bonds is 18. The molecule has 1 amide bonds. The molecule has 0 fully saturated rings. The van der Waals surface area contributed by atoms with Crippen LogP contribution in [0.3, 0.4) is 0 Å². The summed E-state index contributed by atoms with van der Waals surface area (Å²) in [4.78, 5) is 49.8. The maximum absolute atomic E-state index is 12.8. The Morgan fingerprint density at radius 1 is 0.773 bits per heavy atom. The minimum absolute atomic E-state index is 0.0445. The van der Waals surface area contributed by atoms with Crippen molar-refractivity contribution in [1.29, 1.82) is 0 Å². The zero-order valence-corrected chi connectivity index (χ0v) is 26.9. The zero-order chi connectivity index (χ0) is 31.8. The fourth-order valence-corrected chi connectivity index (χ4v) is 9.23. The standard InChI is InChI=1S/C34H41N2O6PS/c1-2-22-42-34(40)29(35)18-20-32(38)36-30(25-44)31(37)19-21-33(39)41-23-24-43(26-12-6-3-7-13-26,27-14-8-4-9-15-27)28-16-10-5-11-17-28/h3-17,29-30H,2,18-25,35H2,1H3,(H-,36,38,44)/p+1. The average molecular weight is 638 g/mol. The van der Waals surface area contributed by atoms with Crippen LogP contribution < -0.4 is 27.0 Å². The van der Waals surface area contributed by atoms with Crippen molar-refractivity contribution >= 4 is 59.4 Å². The van der Waals surface area contributed by atoms with Crippen LogP contribution in [0.2, 0.25) is 0 Å². The third kappa shape index (κ3) is 10.0. The number of benzene rings is 3. The number of esters is 2. The molecule has 3 N–H and O–H groups in total. The van der Waals surface area contributed by atoms with Gasteiger partial charge in [-0.1, -0.05) is 61.5 Å². The molecule has 0 spiro atoms. The zero-order valence-electron chi connectivity index (χ0n) is 25.1. The number of carbonyl (C=O) groups excluding carboxylic acids is 4. The van der Waals surface area contributed by atoms with Crippen molar-refractivity contribution in [2.75, 3.05) is 25.1 Å². The number of amides is 1. The quantitative estimate of drug-likeness (QED) is 0.111. The van der Waals surface area contributed by atoms with Crippen LogP contribution in [0.25, 0.3) is 0 Å². The van der Waals surface area contributed by atoms with Crippen molar-refractivity contribution in [3.05, 3.63) is 91.0 Å². The lowest BCUT2D eigenvalue weighted by molar-refractivity contribution is -0.145. The van der Waals surface area contributed by atoms with Crippen molar-refractivity contribution in [2.45, 2.75) is 51.1 Å². The molecule has 3 aromatic carbocycles. The fraction of sp³-hybridized carbons (Fsp3) is 0.353. The van der Waals surface area contributed by atoms with E-state index >= 15 is 0 Å². The van der Waals surface area contributed by atoms with Gasteiger partial charge in [0.25, 0.3) is 0 Å². The van der Waals surface area contributed by atoms with Crippen molar-refractivity contribution in [3.63, 3.8) is 0 Å². The van der Waals surface area contributed by atoms with Crippen LogP contribution in [-0.4, -0.2) is 60.8 Å². The first-order valence-electron chi connectivity index (χ1n) is 14.9. The van der Waals surface area contributed by atoms with Crippen molar-refractivity contribution in [1.82, 2.24) is 5.32 Å². The van der Waals surface area contributed by atoms with Gasteiger partial charge in [-0.15, -0.1) is 0 Å². The third-order valence-electron chi connectivity index (χ3n) is 7.20. The number of Topliss-reactive ketones (excluding diaryl/α,β-unsaturated/α-hetero) is 1. The second kappa shape index (κ2) is 18.3. The second-order valence-corrected chi connectivity index (χ2v) is 14.3. The first-order valence-corrected chi connectivity index (χ1v) is 17.5. The van der Waals surface area contributed by atoms with Gasteiger partial charge in [0.1, 0.15) is 42.0 Å². The Morgan fingerprint density at radius 3 is 1.77 bits per heavy atom. The number of thiol groups is 1. The molecule has 0 aliphatic carbocycles. The summed E-state index contributed by atoms with van der Waals surface area (Å²) in [7, 11) is -2.15. The van der Waals surface area contributed by atoms with Crippen LogP contribution in [0.4, 0.5) is 0 Å². The van der Waals surface area contributed by atoms with Gasteiger partial charge < -0.3 is 20.5 Å². The Kier molecular flexibility index (Phi) is 14.6. The fourth-order valence-electron chi connectivity index (χ4n) is 4.86. The van der Waals surface area contributed by atoms with Crippen LogP contribution in [0.5, 0.6) is 0 Å². The molecule has 8 nitrogen and oxygen atoms in total. The minimum Gasteiger partial charge on any atom is -0.465 e. The predicted molar refractivity (Wildman–Crippen MR) is 179 cm³/mol. The molecule has 2 unspecified atom stereocenters. The Balaban J connectivity index is 1.57. The van der Waals surface area contributed by atoms with E-state index in [0.29, 0.717) is 12.6 Å². The van der Waals surface area contributed by atoms with Crippen molar-refractivity contribution < 1.29 is 28.7 Å². The number of ketones is 1. The maximum Gasteiger partial charge on any atom is 0.322 e. The average Bonchev–Trinajstić information content (AvgIpc) is 3.07. The van der Waals surface area contributed by atoms with Crippen LogP contribution in [0.15, 0.2) is 91.0 Å². The summed E-state index contributed by atoms with van der Waals surface area (Å²) >= 11 is 4.20. The van der Waals surface area contributed by atoms with Gasteiger partial charge in [-0.3, -0.25) is 19.2 Å². The lowest BCUT2D eigenvalue weighted by atomic mass is 10.1. The third-order valence-corrected chi connectivity index (χ3v) is 12.0. The topological polar surface area (TPSA) is 125 Å². The highest BCUT2D eigenvalue weighted by molar-refractivity contribution is 7.95. The van der Waals surface area contributed by atoms with Crippen LogP contribution in [0, 0.1) is 0 Å². The maximum atomic E-state index is 12.8. The predicted octanol–water partition coefficient (Wildman–Crippen LogP) is 3.35. The lowest BCUT2D eigenvalue weighted by Crippen LogP contribution is -2.43. The molecule has 0 radical (unpaired) electrons. The number of ether oxygens (including phenoxy) is 2. The molecule has 10 heteroatoms. The first kappa shape index (κ1) is 35.0. The van der Waals surface area contributed by atoms with Gasteiger partial charge in [-0.05, 0) is 49.2 Å². The summed E-state index contributed by atoms with van der Waals surface area (Å²) in [6.45, 7) is 2.33. The second-order valence-electron chi connectivity index (χ2n) is 10.3. The normalized spacial score (nSPS) is 12.5. The highest BCUT2D eigenvalue weighted by atomic mass is 32.1. The summed E-state index contributed by atoms with van der Waals surface area (Å²) in [5.41, 5.74) is 5.79. The van der Waals surface area contributed by atoms with E-state index in [9.17, 15) is 19.2 Å². The van der Waals surface area contributed by atoms with E-state index in [-0.39, 0.29) is 50.4 Å². The number of hydrogen-bond acceptors (Lipinski definition) is 8. The molecule has 3 aromatic rings. The summed E-state index contributed by atoms with van der Waals surface area (Å²) in [6, 6.07) is 29.1. The molecule has 0 saturated heterocycles. The molecule has 0 aliphatic heterocycles. The first-order chi connectivity index (χ1) is 21.3. The highest BCUT2D eigenvalue weighted by Gasteiger charge is 2.45. The summed E-state index contributed by atoms with van der Waals surface area (Å²) in [5.74, 6) is -1.72. The smallest absolute Gasteiger partial charge is 0.322 e. The van der Waals surface area contributed by atoms with Gasteiger partial charge in [0.05, 0.1) is 19.1 Å². The highest BCUT2D eigenvalue weighted by Crippen LogP contribution is 2.54. The summed E-state index contributed by atoms with van der Waals surface area (Å²) in [5, 5.41) is 6.19. The Labute approximate surface area is 265 Å². The largest absolute Gasteiger partial charge is 0.465 e. The Hall–Kier alpha value is -3.52. The van der Waals surface area contributed by atoms with Gasteiger partial charge >= 0.3 is 11.9 Å². The molecule has 3 rings (SSSR count). The molecule has 0 bridgehead atoms. The lowest BCUT2D eigenvalue weighted by Gasteiger charge is -2.27. The number of hydrogen-bond donors (Lipinski definition) is 3. The van der Waals surface area contributed by atoms with E-state index in [2.05, 4.69) is 54.3 Å². The molecule has 44 heavy (non-hydrogen) atoms. The molecule has 0 saturated carbocycles. The van der Waals surface area contributed by atoms with Gasteiger partial charge in [0.15, 0.2) is 5.78 Å². The molecule has 0 heterocycles. The van der Waals surface area contributed by atoms with E-state index in [1.165, 1.54) is 15.9 Å². The molecular weight excluding hydrogens is 595 g/mol. The monoisotopic (exact) mass is 637 g/mol. The number of nitrogens with one attached hydrogen (secondary N) is 1. The van der Waals surface area contributed by atoms with Crippen LogP contribution >= 0.6 is 19.9 Å². The van der Waals surface area contributed by atoms with E-state index in [4.69, 9.17) is 15.2 Å². The number of nitrogens with two attached hydrogens (primary N) is 1. The van der Waals surface area contributed by atoms with E-state index in [0.717, 1.165) is 0 Å². The van der Waals surface area contributed by atoms with E-state index < -0.39 is 37.2 Å². The molecule has 0 aliphatic rings. The minimum atomic E-state index is -2.15. The van der Waals surface area contributed by atoms with Gasteiger partial charge in [0.2, 0.25) is 5.91 Å². The molecule has 234 valence electrons. The van der Waals surface area contributed by atoms with Gasteiger partial charge in [0, 0.05) is 18.6 Å². The van der Waals surface area contributed by atoms with E-state index in [1.54, 1.807) is 0 Å². The summed E-state index contributed by atoms with van der Waals surface area (Å²) < 4.78 is 10.7. The van der Waals surface area contributed by atoms with Crippen molar-refractivity contribution in [3.8, 4) is 0 Å². The summed E-state index contributed by atoms with van der Waals surface area (Å²) in [6.07, 6.45) is 1.12. The molecule has 0 aromatic heterocycles. The number of carbonyl (C=O) groups is 4. The molecule has 2 atom stereocenters. The SMILES string of the molecule is CCCOC(=O)C(N)CCC(=O)NC(CS)C(=O)CCC(=O)OCC[P+](c1ccccc1)(c1ccccc1)c1ccccc1. The van der Waals surface area contributed by atoms with Gasteiger partial charge in [-0.2, -0.15) is 12.6 Å². The van der Waals surface area contributed by atoms with Crippen molar-refractivity contribution in [2.24, 2.45) is 5.73 Å². The van der Waals surface area contributed by atoms with Crippen LogP contribution in [-0.2, 0) is 28.7 Å². The molecular formula is C34H42N2O6PS+. The Bertz CT molecular complexity index is 1250. The van der Waals surface area contributed by atoms with E-state index in [1.807, 2.05) is 61.5 Å². The Morgan fingerprint density at radius 2 is 1.30 bits per heavy atom.